The van der Waals surface area contributed by atoms with Crippen LogP contribution in [0.2, 0.25) is 0 Å². The predicted octanol–water partition coefficient (Wildman–Crippen LogP) is 2.41. The Morgan fingerprint density at radius 3 is 3.06 bits per heavy atom. The molecule has 3 heteroatoms. The number of nitrogens with zero attached hydrogens (tertiary/aromatic N) is 1. The molecule has 0 aromatic heterocycles. The minimum Gasteiger partial charge on any atom is -0.380 e. The van der Waals surface area contributed by atoms with Gasteiger partial charge in [0.2, 0.25) is 0 Å². The fourth-order valence-corrected chi connectivity index (χ4v) is 2.55. The van der Waals surface area contributed by atoms with Gasteiger partial charge >= 0.3 is 0 Å². The Balaban J connectivity index is 2.03. The molecule has 1 saturated heterocycles. The fraction of sp³-hybridized carbons (Fsp3) is 0.600. The molecule has 1 atom stereocenters. The lowest BCUT2D eigenvalue weighted by atomic mass is 10.1. The summed E-state index contributed by atoms with van der Waals surface area (Å²) in [6.45, 7) is 6.26. The molecule has 1 aromatic rings. The predicted molar refractivity (Wildman–Crippen MR) is 76.1 cm³/mol. The van der Waals surface area contributed by atoms with Crippen LogP contribution in [0.25, 0.3) is 0 Å². The van der Waals surface area contributed by atoms with Gasteiger partial charge in [0.05, 0.1) is 6.61 Å². The molecule has 1 aromatic carbocycles. The molecule has 0 saturated carbocycles. The lowest BCUT2D eigenvalue weighted by Gasteiger charge is -2.23. The van der Waals surface area contributed by atoms with Gasteiger partial charge in [0.1, 0.15) is 0 Å². The number of benzene rings is 1. The van der Waals surface area contributed by atoms with E-state index in [0.29, 0.717) is 12.6 Å². The van der Waals surface area contributed by atoms with Crippen LogP contribution in [0.15, 0.2) is 24.3 Å². The van der Waals surface area contributed by atoms with Crippen molar-refractivity contribution in [2.45, 2.75) is 32.4 Å². The van der Waals surface area contributed by atoms with Gasteiger partial charge in [0, 0.05) is 38.5 Å². The zero-order valence-corrected chi connectivity index (χ0v) is 11.5. The highest BCUT2D eigenvalue weighted by Crippen LogP contribution is 2.18. The summed E-state index contributed by atoms with van der Waals surface area (Å²) in [6.07, 6.45) is 2.45. The highest BCUT2D eigenvalue weighted by molar-refractivity contribution is 5.48. The van der Waals surface area contributed by atoms with Gasteiger partial charge in [0.15, 0.2) is 0 Å². The van der Waals surface area contributed by atoms with Crippen molar-refractivity contribution in [2.75, 3.05) is 31.6 Å². The average Bonchev–Trinajstić information content (AvgIpc) is 2.65. The average molecular weight is 248 g/mol. The summed E-state index contributed by atoms with van der Waals surface area (Å²) in [5, 5.41) is 3.60. The molecule has 1 aliphatic heterocycles. The summed E-state index contributed by atoms with van der Waals surface area (Å²) in [5.41, 5.74) is 2.57. The van der Waals surface area contributed by atoms with E-state index in [9.17, 15) is 0 Å². The Hall–Kier alpha value is -1.06. The van der Waals surface area contributed by atoms with Crippen LogP contribution >= 0.6 is 0 Å². The van der Waals surface area contributed by atoms with Crippen molar-refractivity contribution in [1.29, 1.82) is 0 Å². The van der Waals surface area contributed by atoms with Gasteiger partial charge < -0.3 is 15.0 Å². The molecule has 2 rings (SSSR count). The van der Waals surface area contributed by atoms with Gasteiger partial charge in [-0.1, -0.05) is 19.1 Å². The summed E-state index contributed by atoms with van der Waals surface area (Å²) < 4.78 is 5.20. The zero-order valence-electron chi connectivity index (χ0n) is 11.5. The molecule has 0 bridgehead atoms. The summed E-state index contributed by atoms with van der Waals surface area (Å²) in [5.74, 6) is 0. The van der Waals surface area contributed by atoms with Crippen LogP contribution in [0.5, 0.6) is 0 Å². The van der Waals surface area contributed by atoms with Crippen molar-refractivity contribution in [1.82, 2.24) is 5.32 Å². The third kappa shape index (κ3) is 3.47. The lowest BCUT2D eigenvalue weighted by Crippen LogP contribution is -2.30. The third-order valence-corrected chi connectivity index (χ3v) is 3.64. The first-order chi connectivity index (χ1) is 8.83. The van der Waals surface area contributed by atoms with E-state index in [-0.39, 0.29) is 0 Å². The first-order valence-electron chi connectivity index (χ1n) is 6.89. The number of nitrogens with one attached hydrogen (secondary N) is 1. The van der Waals surface area contributed by atoms with Crippen LogP contribution in [0.3, 0.4) is 0 Å². The van der Waals surface area contributed by atoms with Gasteiger partial charge in [-0.15, -0.1) is 0 Å². The molecule has 1 unspecified atom stereocenters. The van der Waals surface area contributed by atoms with E-state index in [1.54, 1.807) is 7.11 Å². The Bertz CT molecular complexity index is 367. The second kappa shape index (κ2) is 6.76. The molecule has 0 aliphatic carbocycles. The molecular weight excluding hydrogens is 224 g/mol. The van der Waals surface area contributed by atoms with Gasteiger partial charge in [-0.3, -0.25) is 0 Å². The highest BCUT2D eigenvalue weighted by Gasteiger charge is 2.15. The first kappa shape index (κ1) is 13.4. The van der Waals surface area contributed by atoms with E-state index in [0.717, 1.165) is 19.6 Å². The number of hydrogen-bond acceptors (Lipinski definition) is 3. The summed E-state index contributed by atoms with van der Waals surface area (Å²) in [6, 6.07) is 9.37. The Labute approximate surface area is 110 Å². The molecule has 3 nitrogen and oxygen atoms in total. The summed E-state index contributed by atoms with van der Waals surface area (Å²) >= 11 is 0. The van der Waals surface area contributed by atoms with Crippen molar-refractivity contribution in [2.24, 2.45) is 0 Å². The smallest absolute Gasteiger partial charge is 0.0713 e. The van der Waals surface area contributed by atoms with E-state index in [1.807, 2.05) is 0 Å². The van der Waals surface area contributed by atoms with E-state index in [2.05, 4.69) is 41.4 Å². The van der Waals surface area contributed by atoms with Crippen LogP contribution in [-0.4, -0.2) is 32.8 Å². The van der Waals surface area contributed by atoms with Gasteiger partial charge in [-0.25, -0.2) is 0 Å². The minimum absolute atomic E-state index is 0.678. The van der Waals surface area contributed by atoms with Crippen LogP contribution in [0.4, 0.5) is 5.69 Å². The molecule has 1 heterocycles. The second-order valence-electron chi connectivity index (χ2n) is 4.94. The van der Waals surface area contributed by atoms with Gasteiger partial charge in [0.25, 0.3) is 0 Å². The summed E-state index contributed by atoms with van der Waals surface area (Å²) in [7, 11) is 1.74. The van der Waals surface area contributed by atoms with E-state index in [4.69, 9.17) is 4.74 Å². The zero-order chi connectivity index (χ0) is 12.8. The monoisotopic (exact) mass is 248 g/mol. The van der Waals surface area contributed by atoms with Gasteiger partial charge in [-0.2, -0.15) is 0 Å². The van der Waals surface area contributed by atoms with E-state index < -0.39 is 0 Å². The quantitative estimate of drug-likeness (QED) is 0.885. The van der Waals surface area contributed by atoms with Crippen molar-refractivity contribution in [3.63, 3.8) is 0 Å². The maximum Gasteiger partial charge on any atom is 0.0713 e. The summed E-state index contributed by atoms with van der Waals surface area (Å²) in [4.78, 5) is 2.47. The maximum atomic E-state index is 5.20. The van der Waals surface area contributed by atoms with Crippen molar-refractivity contribution < 1.29 is 4.74 Å². The molecule has 100 valence electrons. The van der Waals surface area contributed by atoms with E-state index in [1.165, 1.54) is 24.1 Å². The van der Waals surface area contributed by atoms with Crippen LogP contribution in [0.1, 0.15) is 25.3 Å². The Kier molecular flexibility index (Phi) is 5.02. The number of ether oxygens (including phenoxy) is 1. The van der Waals surface area contributed by atoms with E-state index >= 15 is 0 Å². The SMILES string of the molecule is CCC1CCN(c2cccc(COC)c2)CCN1. The Morgan fingerprint density at radius 1 is 1.39 bits per heavy atom. The number of rotatable bonds is 4. The first-order valence-corrected chi connectivity index (χ1v) is 6.89. The largest absolute Gasteiger partial charge is 0.380 e. The highest BCUT2D eigenvalue weighted by atomic mass is 16.5. The number of hydrogen-bond donors (Lipinski definition) is 1. The topological polar surface area (TPSA) is 24.5 Å². The molecule has 1 N–H and O–H groups in total. The van der Waals surface area contributed by atoms with Crippen LogP contribution < -0.4 is 10.2 Å². The molecule has 0 radical (unpaired) electrons. The molecule has 18 heavy (non-hydrogen) atoms. The fourth-order valence-electron chi connectivity index (χ4n) is 2.55. The standard InChI is InChI=1S/C15H24N2O/c1-3-14-7-9-17(10-8-16-14)15-6-4-5-13(11-15)12-18-2/h4-6,11,14,16H,3,7-10,12H2,1-2H3. The Morgan fingerprint density at radius 2 is 2.28 bits per heavy atom. The van der Waals surface area contributed by atoms with Crippen molar-refractivity contribution in [3.8, 4) is 0 Å². The molecule has 0 amide bonds. The molecule has 1 aliphatic rings. The van der Waals surface area contributed by atoms with Crippen LogP contribution in [-0.2, 0) is 11.3 Å². The second-order valence-corrected chi connectivity index (χ2v) is 4.94. The van der Waals surface area contributed by atoms with Gasteiger partial charge in [-0.05, 0) is 30.5 Å². The number of anilines is 1. The third-order valence-electron chi connectivity index (χ3n) is 3.64. The molecule has 0 spiro atoms. The normalized spacial score (nSPS) is 20.8. The van der Waals surface area contributed by atoms with Crippen molar-refractivity contribution >= 4 is 5.69 Å². The molecule has 1 fully saturated rings. The maximum absolute atomic E-state index is 5.20. The van der Waals surface area contributed by atoms with Crippen LogP contribution in [0, 0.1) is 0 Å². The molecular formula is C15H24N2O. The number of methoxy groups -OCH3 is 1. The lowest BCUT2D eigenvalue weighted by molar-refractivity contribution is 0.185. The van der Waals surface area contributed by atoms with Crippen molar-refractivity contribution in [3.05, 3.63) is 29.8 Å². The minimum atomic E-state index is 0.678.